The van der Waals surface area contributed by atoms with Crippen LogP contribution in [0, 0.1) is 0 Å². The maximum Gasteiger partial charge on any atom is 0.0441 e. The van der Waals surface area contributed by atoms with Gasteiger partial charge in [-0.05, 0) is 32.9 Å². The lowest BCUT2D eigenvalue weighted by atomic mass is 10.1. The highest BCUT2D eigenvalue weighted by atomic mass is 32.2. The smallest absolute Gasteiger partial charge is 0.0441 e. The van der Waals surface area contributed by atoms with Crippen molar-refractivity contribution in [3.63, 3.8) is 0 Å². The fourth-order valence-corrected chi connectivity index (χ4v) is 1.81. The summed E-state index contributed by atoms with van der Waals surface area (Å²) in [5, 5.41) is 7.07. The molecule has 0 aromatic carbocycles. The van der Waals surface area contributed by atoms with Gasteiger partial charge in [0.25, 0.3) is 0 Å². The molecule has 2 atom stereocenters. The highest BCUT2D eigenvalue weighted by Crippen LogP contribution is 2.02. The van der Waals surface area contributed by atoms with Crippen molar-refractivity contribution < 1.29 is 4.21 Å². The molecule has 0 spiro atoms. The number of hydrogen-bond acceptors (Lipinski definition) is 3. The minimum Gasteiger partial charge on any atom is -0.317 e. The zero-order chi connectivity index (χ0) is 9.68. The van der Waals surface area contributed by atoms with Gasteiger partial charge in [-0.3, -0.25) is 4.21 Å². The Morgan fingerprint density at radius 1 is 1.54 bits per heavy atom. The van der Waals surface area contributed by atoms with E-state index in [1.165, 1.54) is 12.8 Å². The van der Waals surface area contributed by atoms with Crippen molar-refractivity contribution in [1.82, 2.24) is 10.6 Å². The molecule has 0 bridgehead atoms. The lowest BCUT2D eigenvalue weighted by Crippen LogP contribution is -2.42. The SMILES string of the molecule is CC(CNC1CCNCC1)S(C)=O. The summed E-state index contributed by atoms with van der Waals surface area (Å²) < 4.78 is 11.1. The van der Waals surface area contributed by atoms with Crippen LogP contribution in [0.4, 0.5) is 0 Å². The van der Waals surface area contributed by atoms with Gasteiger partial charge in [0.05, 0.1) is 0 Å². The van der Waals surface area contributed by atoms with Gasteiger partial charge in [0.2, 0.25) is 0 Å². The Kier molecular flexibility index (Phi) is 4.91. The Morgan fingerprint density at radius 3 is 2.69 bits per heavy atom. The number of rotatable bonds is 4. The molecule has 0 amide bonds. The lowest BCUT2D eigenvalue weighted by molar-refractivity contribution is 0.389. The Bertz CT molecular complexity index is 169. The van der Waals surface area contributed by atoms with Gasteiger partial charge in [0, 0.05) is 34.9 Å². The molecule has 13 heavy (non-hydrogen) atoms. The molecule has 3 nitrogen and oxygen atoms in total. The molecule has 0 aliphatic carbocycles. The van der Waals surface area contributed by atoms with Gasteiger partial charge in [-0.2, -0.15) is 0 Å². The third kappa shape index (κ3) is 4.20. The lowest BCUT2D eigenvalue weighted by Gasteiger charge is -2.24. The third-order valence-electron chi connectivity index (χ3n) is 2.60. The average Bonchev–Trinajstić information content (AvgIpc) is 2.15. The van der Waals surface area contributed by atoms with Crippen LogP contribution in [-0.4, -0.2) is 41.4 Å². The Balaban J connectivity index is 2.13. The van der Waals surface area contributed by atoms with Crippen LogP contribution in [0.2, 0.25) is 0 Å². The first-order valence-electron chi connectivity index (χ1n) is 4.96. The van der Waals surface area contributed by atoms with Crippen LogP contribution in [0.3, 0.4) is 0 Å². The first-order chi connectivity index (χ1) is 6.20. The normalized spacial score (nSPS) is 24.2. The van der Waals surface area contributed by atoms with Crippen molar-refractivity contribution in [3.8, 4) is 0 Å². The summed E-state index contributed by atoms with van der Waals surface area (Å²) in [6.45, 7) is 5.14. The molecule has 1 aliphatic rings. The monoisotopic (exact) mass is 204 g/mol. The number of piperidine rings is 1. The van der Waals surface area contributed by atoms with Crippen LogP contribution < -0.4 is 10.6 Å². The molecule has 1 fully saturated rings. The molecule has 1 rings (SSSR count). The second-order valence-electron chi connectivity index (χ2n) is 3.74. The zero-order valence-corrected chi connectivity index (χ0v) is 9.32. The fourth-order valence-electron chi connectivity index (χ4n) is 1.48. The quantitative estimate of drug-likeness (QED) is 0.682. The topological polar surface area (TPSA) is 41.1 Å². The summed E-state index contributed by atoms with van der Waals surface area (Å²) in [6.07, 6.45) is 4.17. The second kappa shape index (κ2) is 5.73. The van der Waals surface area contributed by atoms with E-state index in [9.17, 15) is 4.21 Å². The summed E-state index contributed by atoms with van der Waals surface area (Å²) in [6, 6.07) is 0.632. The Hall–Kier alpha value is 0.0700. The van der Waals surface area contributed by atoms with Crippen molar-refractivity contribution in [2.45, 2.75) is 31.1 Å². The van der Waals surface area contributed by atoms with E-state index in [1.54, 1.807) is 6.26 Å². The van der Waals surface area contributed by atoms with Crippen LogP contribution in [0.1, 0.15) is 19.8 Å². The number of hydrogen-bond donors (Lipinski definition) is 2. The van der Waals surface area contributed by atoms with Gasteiger partial charge < -0.3 is 10.6 Å². The average molecular weight is 204 g/mol. The maximum absolute atomic E-state index is 11.1. The first kappa shape index (κ1) is 11.1. The summed E-state index contributed by atoms with van der Waals surface area (Å²) in [7, 11) is -0.693. The minimum absolute atomic E-state index is 0.273. The van der Waals surface area contributed by atoms with Crippen LogP contribution in [-0.2, 0) is 10.8 Å². The molecule has 1 heterocycles. The van der Waals surface area contributed by atoms with Crippen LogP contribution in [0.25, 0.3) is 0 Å². The molecule has 1 saturated heterocycles. The van der Waals surface area contributed by atoms with Crippen molar-refractivity contribution in [3.05, 3.63) is 0 Å². The van der Waals surface area contributed by atoms with E-state index in [2.05, 4.69) is 10.6 Å². The molecule has 0 radical (unpaired) electrons. The van der Waals surface area contributed by atoms with E-state index in [-0.39, 0.29) is 5.25 Å². The van der Waals surface area contributed by atoms with E-state index >= 15 is 0 Å². The molecule has 2 N–H and O–H groups in total. The molecule has 78 valence electrons. The van der Waals surface area contributed by atoms with Crippen molar-refractivity contribution >= 4 is 10.8 Å². The summed E-state index contributed by atoms with van der Waals surface area (Å²) >= 11 is 0. The molecular weight excluding hydrogens is 184 g/mol. The molecule has 0 saturated carbocycles. The summed E-state index contributed by atoms with van der Waals surface area (Å²) in [5.41, 5.74) is 0. The highest BCUT2D eigenvalue weighted by molar-refractivity contribution is 7.84. The van der Waals surface area contributed by atoms with E-state index < -0.39 is 10.8 Å². The second-order valence-corrected chi connectivity index (χ2v) is 5.54. The van der Waals surface area contributed by atoms with Crippen LogP contribution in [0.15, 0.2) is 0 Å². The van der Waals surface area contributed by atoms with Crippen LogP contribution in [0.5, 0.6) is 0 Å². The predicted molar refractivity (Wildman–Crippen MR) is 57.4 cm³/mol. The van der Waals surface area contributed by atoms with E-state index in [0.717, 1.165) is 19.6 Å². The molecule has 2 unspecified atom stereocenters. The third-order valence-corrected chi connectivity index (χ3v) is 3.90. The summed E-state index contributed by atoms with van der Waals surface area (Å²) in [4.78, 5) is 0. The molecule has 0 aromatic heterocycles. The van der Waals surface area contributed by atoms with Gasteiger partial charge in [-0.25, -0.2) is 0 Å². The van der Waals surface area contributed by atoms with E-state index in [0.29, 0.717) is 6.04 Å². The minimum atomic E-state index is -0.693. The van der Waals surface area contributed by atoms with Gasteiger partial charge >= 0.3 is 0 Å². The van der Waals surface area contributed by atoms with Crippen molar-refractivity contribution in [1.29, 1.82) is 0 Å². The Labute approximate surface area is 83.1 Å². The Morgan fingerprint density at radius 2 is 2.15 bits per heavy atom. The van der Waals surface area contributed by atoms with Gasteiger partial charge in [-0.15, -0.1) is 0 Å². The zero-order valence-electron chi connectivity index (χ0n) is 8.51. The van der Waals surface area contributed by atoms with Gasteiger partial charge in [0.15, 0.2) is 0 Å². The number of nitrogens with one attached hydrogen (secondary N) is 2. The first-order valence-corrected chi connectivity index (χ1v) is 6.58. The molecule has 4 heteroatoms. The van der Waals surface area contributed by atoms with Gasteiger partial charge in [0.1, 0.15) is 0 Å². The van der Waals surface area contributed by atoms with Gasteiger partial charge in [-0.1, -0.05) is 0 Å². The molecule has 1 aliphatic heterocycles. The van der Waals surface area contributed by atoms with E-state index in [4.69, 9.17) is 0 Å². The van der Waals surface area contributed by atoms with Crippen molar-refractivity contribution in [2.75, 3.05) is 25.9 Å². The summed E-state index contributed by atoms with van der Waals surface area (Å²) in [5.74, 6) is 0. The largest absolute Gasteiger partial charge is 0.317 e. The van der Waals surface area contributed by atoms with Crippen LogP contribution >= 0.6 is 0 Å². The van der Waals surface area contributed by atoms with Crippen molar-refractivity contribution in [2.24, 2.45) is 0 Å². The fraction of sp³-hybridized carbons (Fsp3) is 1.00. The molecule has 0 aromatic rings. The highest BCUT2D eigenvalue weighted by Gasteiger charge is 2.14. The predicted octanol–water partition coefficient (Wildman–Crippen LogP) is 0.0950. The maximum atomic E-state index is 11.1. The standard InChI is InChI=1S/C9H20N2OS/c1-8(13(2)12)7-11-9-3-5-10-6-4-9/h8-11H,3-7H2,1-2H3. The van der Waals surface area contributed by atoms with E-state index in [1.807, 2.05) is 6.92 Å². The molecular formula is C9H20N2OS.